The van der Waals surface area contributed by atoms with Gasteiger partial charge in [0.15, 0.2) is 0 Å². The molecule has 0 saturated heterocycles. The molecule has 0 aliphatic heterocycles. The molecule has 0 saturated carbocycles. The summed E-state index contributed by atoms with van der Waals surface area (Å²) >= 11 is 1.91. The summed E-state index contributed by atoms with van der Waals surface area (Å²) in [4.78, 5) is 2.90. The molecule has 0 radical (unpaired) electrons. The fourth-order valence-corrected chi connectivity index (χ4v) is 2.87. The van der Waals surface area contributed by atoms with E-state index in [1.54, 1.807) is 0 Å². The second-order valence-corrected chi connectivity index (χ2v) is 5.36. The Morgan fingerprint density at radius 1 is 1.12 bits per heavy atom. The van der Waals surface area contributed by atoms with Crippen LogP contribution in [0.3, 0.4) is 0 Å². The van der Waals surface area contributed by atoms with Crippen molar-refractivity contribution in [1.29, 1.82) is 0 Å². The molecule has 3 heteroatoms. The minimum Gasteiger partial charge on any atom is -0.351 e. The van der Waals surface area contributed by atoms with Gasteiger partial charge in [0.2, 0.25) is 0 Å². The van der Waals surface area contributed by atoms with Gasteiger partial charge in [0.05, 0.1) is 0 Å². The lowest BCUT2D eigenvalue weighted by Gasteiger charge is -2.07. The number of thiophene rings is 1. The van der Waals surface area contributed by atoms with Gasteiger partial charge < -0.3 is 9.88 Å². The number of hydrogen-bond acceptors (Lipinski definition) is 2. The fourth-order valence-electron chi connectivity index (χ4n) is 1.94. The first-order valence-corrected chi connectivity index (χ1v) is 7.07. The molecule has 0 fully saturated rings. The SMILES string of the molecule is CCc1ccc(CNCc2cccn2CC)s1. The third kappa shape index (κ3) is 3.20. The van der Waals surface area contributed by atoms with Gasteiger partial charge in [-0.1, -0.05) is 6.92 Å². The number of rotatable bonds is 6. The molecule has 1 N–H and O–H groups in total. The van der Waals surface area contributed by atoms with E-state index < -0.39 is 0 Å². The molecule has 0 atom stereocenters. The Morgan fingerprint density at radius 2 is 1.94 bits per heavy atom. The molecule has 2 nitrogen and oxygen atoms in total. The minimum absolute atomic E-state index is 0.945. The zero-order valence-corrected chi connectivity index (χ0v) is 11.4. The summed E-state index contributed by atoms with van der Waals surface area (Å²) in [6, 6.07) is 8.76. The van der Waals surface area contributed by atoms with Gasteiger partial charge in [0.1, 0.15) is 0 Å². The number of aryl methyl sites for hydroxylation is 2. The molecule has 2 aromatic heterocycles. The van der Waals surface area contributed by atoms with Crippen LogP contribution in [0.4, 0.5) is 0 Å². The monoisotopic (exact) mass is 248 g/mol. The highest BCUT2D eigenvalue weighted by atomic mass is 32.1. The summed E-state index contributed by atoms with van der Waals surface area (Å²) < 4.78 is 2.28. The van der Waals surface area contributed by atoms with Crippen LogP contribution in [-0.2, 0) is 26.1 Å². The van der Waals surface area contributed by atoms with Crippen molar-refractivity contribution in [2.75, 3.05) is 0 Å². The van der Waals surface area contributed by atoms with Crippen molar-refractivity contribution in [3.63, 3.8) is 0 Å². The Morgan fingerprint density at radius 3 is 2.65 bits per heavy atom. The standard InChI is InChI=1S/C14H20N2S/c1-3-13-7-8-14(17-13)11-15-10-12-6-5-9-16(12)4-2/h5-9,15H,3-4,10-11H2,1-2H3. The third-order valence-electron chi connectivity index (χ3n) is 2.94. The van der Waals surface area contributed by atoms with Crippen molar-refractivity contribution < 1.29 is 0 Å². The van der Waals surface area contributed by atoms with Crippen molar-refractivity contribution in [2.45, 2.75) is 39.9 Å². The van der Waals surface area contributed by atoms with Crippen molar-refractivity contribution >= 4 is 11.3 Å². The Kier molecular flexibility index (Phi) is 4.40. The topological polar surface area (TPSA) is 17.0 Å². The van der Waals surface area contributed by atoms with Crippen molar-refractivity contribution in [3.05, 3.63) is 45.9 Å². The van der Waals surface area contributed by atoms with Crippen LogP contribution in [0.1, 0.15) is 29.3 Å². The second-order valence-electron chi connectivity index (χ2n) is 4.11. The van der Waals surface area contributed by atoms with E-state index in [0.717, 1.165) is 26.1 Å². The lowest BCUT2D eigenvalue weighted by molar-refractivity contribution is 0.632. The summed E-state index contributed by atoms with van der Waals surface area (Å²) in [5.41, 5.74) is 1.36. The smallest absolute Gasteiger partial charge is 0.0362 e. The summed E-state index contributed by atoms with van der Waals surface area (Å²) in [6.45, 7) is 7.34. The highest BCUT2D eigenvalue weighted by molar-refractivity contribution is 7.11. The number of hydrogen-bond donors (Lipinski definition) is 1. The van der Waals surface area contributed by atoms with Gasteiger partial charge in [-0.15, -0.1) is 11.3 Å². The quantitative estimate of drug-likeness (QED) is 0.829. The Balaban J connectivity index is 1.83. The summed E-state index contributed by atoms with van der Waals surface area (Å²) in [7, 11) is 0. The van der Waals surface area contributed by atoms with Crippen LogP contribution < -0.4 is 5.32 Å². The fraction of sp³-hybridized carbons (Fsp3) is 0.429. The minimum atomic E-state index is 0.945. The maximum absolute atomic E-state index is 3.51. The average molecular weight is 248 g/mol. The van der Waals surface area contributed by atoms with E-state index in [9.17, 15) is 0 Å². The first-order chi connectivity index (χ1) is 8.33. The van der Waals surface area contributed by atoms with Crippen LogP contribution in [0.2, 0.25) is 0 Å². The van der Waals surface area contributed by atoms with Crippen molar-refractivity contribution in [3.8, 4) is 0 Å². The van der Waals surface area contributed by atoms with Crippen LogP contribution in [-0.4, -0.2) is 4.57 Å². The molecule has 2 heterocycles. The number of nitrogens with zero attached hydrogens (tertiary/aromatic N) is 1. The van der Waals surface area contributed by atoms with Crippen LogP contribution >= 0.6 is 11.3 Å². The van der Waals surface area contributed by atoms with E-state index in [1.165, 1.54) is 15.4 Å². The van der Waals surface area contributed by atoms with Crippen LogP contribution in [0, 0.1) is 0 Å². The maximum Gasteiger partial charge on any atom is 0.0362 e. The first-order valence-electron chi connectivity index (χ1n) is 6.25. The highest BCUT2D eigenvalue weighted by Crippen LogP contribution is 2.16. The highest BCUT2D eigenvalue weighted by Gasteiger charge is 2.00. The lowest BCUT2D eigenvalue weighted by Crippen LogP contribution is -2.14. The van der Waals surface area contributed by atoms with E-state index in [-0.39, 0.29) is 0 Å². The van der Waals surface area contributed by atoms with E-state index in [4.69, 9.17) is 0 Å². The molecule has 2 rings (SSSR count). The molecule has 0 aromatic carbocycles. The average Bonchev–Trinajstić information content (AvgIpc) is 2.97. The van der Waals surface area contributed by atoms with Crippen LogP contribution in [0.5, 0.6) is 0 Å². The van der Waals surface area contributed by atoms with Gasteiger partial charge in [-0.05, 0) is 37.6 Å². The van der Waals surface area contributed by atoms with E-state index in [1.807, 2.05) is 11.3 Å². The lowest BCUT2D eigenvalue weighted by atomic mass is 10.3. The van der Waals surface area contributed by atoms with Gasteiger partial charge in [0, 0.05) is 41.3 Å². The molecule has 0 amide bonds. The van der Waals surface area contributed by atoms with Crippen molar-refractivity contribution in [2.24, 2.45) is 0 Å². The second kappa shape index (κ2) is 6.03. The van der Waals surface area contributed by atoms with Gasteiger partial charge >= 0.3 is 0 Å². The Bertz CT molecular complexity index is 456. The Labute approximate surface area is 107 Å². The molecule has 2 aromatic rings. The van der Waals surface area contributed by atoms with E-state index in [2.05, 4.69) is 54.2 Å². The molecule has 0 bridgehead atoms. The van der Waals surface area contributed by atoms with Gasteiger partial charge in [-0.2, -0.15) is 0 Å². The Hall–Kier alpha value is -1.06. The van der Waals surface area contributed by atoms with Crippen molar-refractivity contribution in [1.82, 2.24) is 9.88 Å². The largest absolute Gasteiger partial charge is 0.351 e. The predicted molar refractivity (Wildman–Crippen MR) is 74.3 cm³/mol. The van der Waals surface area contributed by atoms with Crippen LogP contribution in [0.15, 0.2) is 30.5 Å². The molecular weight excluding hydrogens is 228 g/mol. The van der Waals surface area contributed by atoms with Gasteiger partial charge in [-0.25, -0.2) is 0 Å². The molecule has 0 aliphatic carbocycles. The molecular formula is C14H20N2S. The molecule has 0 spiro atoms. The van der Waals surface area contributed by atoms with E-state index in [0.29, 0.717) is 0 Å². The number of aromatic nitrogens is 1. The predicted octanol–water partition coefficient (Wildman–Crippen LogP) is 3.42. The molecule has 0 aliphatic rings. The first kappa shape index (κ1) is 12.4. The zero-order valence-electron chi connectivity index (χ0n) is 10.6. The normalized spacial score (nSPS) is 10.9. The summed E-state index contributed by atoms with van der Waals surface area (Å²) in [5, 5.41) is 3.51. The summed E-state index contributed by atoms with van der Waals surface area (Å²) in [5.74, 6) is 0. The maximum atomic E-state index is 3.51. The van der Waals surface area contributed by atoms with Gasteiger partial charge in [0.25, 0.3) is 0 Å². The third-order valence-corrected chi connectivity index (χ3v) is 4.16. The van der Waals surface area contributed by atoms with Gasteiger partial charge in [-0.3, -0.25) is 0 Å². The molecule has 92 valence electrons. The molecule has 0 unspecified atom stereocenters. The zero-order chi connectivity index (χ0) is 12.1. The number of nitrogens with one attached hydrogen (secondary N) is 1. The van der Waals surface area contributed by atoms with E-state index >= 15 is 0 Å². The van der Waals surface area contributed by atoms with Crippen LogP contribution in [0.25, 0.3) is 0 Å². The molecule has 17 heavy (non-hydrogen) atoms. The summed E-state index contributed by atoms with van der Waals surface area (Å²) in [6.07, 6.45) is 3.28.